The standard InChI is InChI=1S/C11H11N3O2/c1-2-7(11(15)16)10-12-8-5-3-4-6-9(8)13-14-10/h3-7H,2H2,1H3,(H,15,16). The second kappa shape index (κ2) is 4.22. The fourth-order valence-corrected chi connectivity index (χ4v) is 1.51. The van der Waals surface area contributed by atoms with E-state index in [1.54, 1.807) is 19.1 Å². The summed E-state index contributed by atoms with van der Waals surface area (Å²) < 4.78 is 0. The predicted molar refractivity (Wildman–Crippen MR) is 58.0 cm³/mol. The predicted octanol–water partition coefficient (Wildman–Crippen LogP) is 1.60. The van der Waals surface area contributed by atoms with Crippen LogP contribution in [0.1, 0.15) is 25.1 Å². The Balaban J connectivity index is 2.49. The third-order valence-electron chi connectivity index (χ3n) is 2.39. The molecule has 0 amide bonds. The number of nitrogens with zero attached hydrogens (tertiary/aromatic N) is 3. The molecule has 0 bridgehead atoms. The summed E-state index contributed by atoms with van der Waals surface area (Å²) >= 11 is 0. The molecule has 16 heavy (non-hydrogen) atoms. The van der Waals surface area contributed by atoms with Crippen LogP contribution in [0, 0.1) is 0 Å². The number of carbonyl (C=O) groups is 1. The van der Waals surface area contributed by atoms with Gasteiger partial charge in [-0.1, -0.05) is 19.1 Å². The molecule has 0 spiro atoms. The van der Waals surface area contributed by atoms with Gasteiger partial charge in [-0.3, -0.25) is 4.79 Å². The topological polar surface area (TPSA) is 76.0 Å². The lowest BCUT2D eigenvalue weighted by Gasteiger charge is -2.07. The number of rotatable bonds is 3. The molecule has 2 aromatic rings. The first-order valence-electron chi connectivity index (χ1n) is 5.04. The summed E-state index contributed by atoms with van der Waals surface area (Å²) in [6, 6.07) is 7.26. The maximum atomic E-state index is 11.0. The Morgan fingerprint density at radius 1 is 1.31 bits per heavy atom. The molecule has 5 nitrogen and oxygen atoms in total. The van der Waals surface area contributed by atoms with Gasteiger partial charge in [-0.05, 0) is 18.6 Å². The number of para-hydroxylation sites is 1. The molecule has 0 aliphatic rings. The van der Waals surface area contributed by atoms with Crippen LogP contribution in [0.3, 0.4) is 0 Å². The number of carboxylic acids is 1. The van der Waals surface area contributed by atoms with Crippen LogP contribution >= 0.6 is 0 Å². The minimum absolute atomic E-state index is 0.272. The highest BCUT2D eigenvalue weighted by molar-refractivity contribution is 5.77. The van der Waals surface area contributed by atoms with E-state index in [-0.39, 0.29) is 5.82 Å². The lowest BCUT2D eigenvalue weighted by atomic mass is 10.1. The van der Waals surface area contributed by atoms with Crippen molar-refractivity contribution in [2.45, 2.75) is 19.3 Å². The van der Waals surface area contributed by atoms with Crippen molar-refractivity contribution in [2.24, 2.45) is 0 Å². The summed E-state index contributed by atoms with van der Waals surface area (Å²) in [6.07, 6.45) is 0.454. The van der Waals surface area contributed by atoms with Gasteiger partial charge < -0.3 is 5.11 Å². The summed E-state index contributed by atoms with van der Waals surface area (Å²) in [5, 5.41) is 16.8. The molecule has 1 aromatic carbocycles. The van der Waals surface area contributed by atoms with E-state index in [9.17, 15) is 4.79 Å². The average molecular weight is 217 g/mol. The van der Waals surface area contributed by atoms with Crippen LogP contribution in [-0.4, -0.2) is 26.3 Å². The summed E-state index contributed by atoms with van der Waals surface area (Å²) in [5.41, 5.74) is 1.35. The van der Waals surface area contributed by atoms with Crippen LogP contribution < -0.4 is 0 Å². The molecule has 2 rings (SSSR count). The normalized spacial score (nSPS) is 12.6. The molecule has 1 aromatic heterocycles. The van der Waals surface area contributed by atoms with Gasteiger partial charge in [0.1, 0.15) is 11.4 Å². The van der Waals surface area contributed by atoms with Crippen molar-refractivity contribution in [3.8, 4) is 0 Å². The minimum atomic E-state index is -0.917. The van der Waals surface area contributed by atoms with E-state index in [2.05, 4.69) is 15.2 Å². The van der Waals surface area contributed by atoms with Crippen LogP contribution in [0.2, 0.25) is 0 Å². The minimum Gasteiger partial charge on any atom is -0.481 e. The van der Waals surface area contributed by atoms with E-state index in [0.717, 1.165) is 0 Å². The van der Waals surface area contributed by atoms with Gasteiger partial charge in [0.05, 0.1) is 5.52 Å². The fraction of sp³-hybridized carbons (Fsp3) is 0.273. The van der Waals surface area contributed by atoms with E-state index < -0.39 is 11.9 Å². The molecule has 5 heteroatoms. The van der Waals surface area contributed by atoms with Gasteiger partial charge in [-0.15, -0.1) is 10.2 Å². The van der Waals surface area contributed by atoms with E-state index in [1.165, 1.54) is 0 Å². The van der Waals surface area contributed by atoms with E-state index in [1.807, 2.05) is 12.1 Å². The summed E-state index contributed by atoms with van der Waals surface area (Å²) in [4.78, 5) is 15.2. The second-order valence-electron chi connectivity index (χ2n) is 3.46. The Labute approximate surface area is 92.2 Å². The average Bonchev–Trinajstić information content (AvgIpc) is 2.29. The van der Waals surface area contributed by atoms with Crippen LogP contribution in [0.15, 0.2) is 24.3 Å². The van der Waals surface area contributed by atoms with Crippen molar-refractivity contribution in [3.63, 3.8) is 0 Å². The zero-order valence-electron chi connectivity index (χ0n) is 8.79. The van der Waals surface area contributed by atoms with Crippen molar-refractivity contribution in [1.29, 1.82) is 0 Å². The highest BCUT2D eigenvalue weighted by Crippen LogP contribution is 2.17. The Bertz CT molecular complexity index is 527. The zero-order chi connectivity index (χ0) is 11.5. The molecule has 0 aliphatic heterocycles. The van der Waals surface area contributed by atoms with Gasteiger partial charge in [0, 0.05) is 0 Å². The fourth-order valence-electron chi connectivity index (χ4n) is 1.51. The number of hydrogen-bond donors (Lipinski definition) is 1. The van der Waals surface area contributed by atoms with Gasteiger partial charge in [-0.2, -0.15) is 0 Å². The van der Waals surface area contributed by atoms with Gasteiger partial charge in [0.2, 0.25) is 0 Å². The molecular formula is C11H11N3O2. The molecule has 1 atom stereocenters. The number of fused-ring (bicyclic) bond motifs is 1. The Morgan fingerprint density at radius 3 is 2.62 bits per heavy atom. The molecule has 82 valence electrons. The smallest absolute Gasteiger partial charge is 0.314 e. The molecule has 1 N–H and O–H groups in total. The maximum absolute atomic E-state index is 11.0. The molecule has 0 radical (unpaired) electrons. The summed E-state index contributed by atoms with van der Waals surface area (Å²) in [7, 11) is 0. The quantitative estimate of drug-likeness (QED) is 0.845. The van der Waals surface area contributed by atoms with Crippen molar-refractivity contribution >= 4 is 17.0 Å². The number of benzene rings is 1. The molecule has 0 aliphatic carbocycles. The van der Waals surface area contributed by atoms with Gasteiger partial charge >= 0.3 is 5.97 Å². The molecule has 0 saturated heterocycles. The molecule has 1 unspecified atom stereocenters. The maximum Gasteiger partial charge on any atom is 0.314 e. The van der Waals surface area contributed by atoms with E-state index >= 15 is 0 Å². The number of aromatic nitrogens is 3. The third-order valence-corrected chi connectivity index (χ3v) is 2.39. The Kier molecular flexibility index (Phi) is 2.76. The molecular weight excluding hydrogens is 206 g/mol. The van der Waals surface area contributed by atoms with Crippen LogP contribution in [-0.2, 0) is 4.79 Å². The van der Waals surface area contributed by atoms with Gasteiger partial charge in [0.15, 0.2) is 5.82 Å². The van der Waals surface area contributed by atoms with Crippen LogP contribution in [0.25, 0.3) is 11.0 Å². The first-order valence-corrected chi connectivity index (χ1v) is 5.04. The number of carboxylic acid groups (broad SMARTS) is 1. The lowest BCUT2D eigenvalue weighted by molar-refractivity contribution is -0.139. The summed E-state index contributed by atoms with van der Waals surface area (Å²) in [6.45, 7) is 1.79. The number of aliphatic carboxylic acids is 1. The molecule has 0 saturated carbocycles. The number of hydrogen-bond acceptors (Lipinski definition) is 4. The van der Waals surface area contributed by atoms with E-state index in [4.69, 9.17) is 5.11 Å². The second-order valence-corrected chi connectivity index (χ2v) is 3.46. The van der Waals surface area contributed by atoms with Crippen molar-refractivity contribution < 1.29 is 9.90 Å². The monoisotopic (exact) mass is 217 g/mol. The summed E-state index contributed by atoms with van der Waals surface area (Å²) in [5.74, 6) is -1.33. The SMILES string of the molecule is CCC(C(=O)O)c1nnc2ccccc2n1. The highest BCUT2D eigenvalue weighted by atomic mass is 16.4. The highest BCUT2D eigenvalue weighted by Gasteiger charge is 2.21. The van der Waals surface area contributed by atoms with E-state index in [0.29, 0.717) is 17.5 Å². The zero-order valence-corrected chi connectivity index (χ0v) is 8.79. The third kappa shape index (κ3) is 1.84. The van der Waals surface area contributed by atoms with Gasteiger partial charge in [0.25, 0.3) is 0 Å². The largest absolute Gasteiger partial charge is 0.481 e. The Hall–Kier alpha value is -2.04. The van der Waals surface area contributed by atoms with Crippen LogP contribution in [0.5, 0.6) is 0 Å². The van der Waals surface area contributed by atoms with Gasteiger partial charge in [-0.25, -0.2) is 4.98 Å². The van der Waals surface area contributed by atoms with Crippen LogP contribution in [0.4, 0.5) is 0 Å². The first kappa shape index (κ1) is 10.5. The van der Waals surface area contributed by atoms with Crippen molar-refractivity contribution in [1.82, 2.24) is 15.2 Å². The first-order chi connectivity index (χ1) is 7.72. The molecule has 0 fully saturated rings. The Morgan fingerprint density at radius 2 is 2.00 bits per heavy atom. The van der Waals surface area contributed by atoms with Crippen molar-refractivity contribution in [3.05, 3.63) is 30.1 Å². The van der Waals surface area contributed by atoms with Crippen molar-refractivity contribution in [2.75, 3.05) is 0 Å². The lowest BCUT2D eigenvalue weighted by Crippen LogP contribution is -2.14. The molecule has 1 heterocycles.